The molecule has 0 aliphatic heterocycles. The van der Waals surface area contributed by atoms with Crippen molar-refractivity contribution in [2.75, 3.05) is 27.7 Å². The van der Waals surface area contributed by atoms with Gasteiger partial charge in [-0.15, -0.1) is 0 Å². The second-order valence-electron chi connectivity index (χ2n) is 11.7. The van der Waals surface area contributed by atoms with Crippen LogP contribution in [0.4, 0.5) is 0 Å². The first-order chi connectivity index (χ1) is 21.9. The van der Waals surface area contributed by atoms with E-state index in [1.807, 2.05) is 38.2 Å². The summed E-state index contributed by atoms with van der Waals surface area (Å²) in [5.41, 5.74) is 3.98. The van der Waals surface area contributed by atoms with Crippen LogP contribution in [0.3, 0.4) is 0 Å². The van der Waals surface area contributed by atoms with Crippen molar-refractivity contribution in [3.05, 3.63) is 94.7 Å². The zero-order valence-corrected chi connectivity index (χ0v) is 28.0. The summed E-state index contributed by atoms with van der Waals surface area (Å²) in [5, 5.41) is 3.86. The van der Waals surface area contributed by atoms with Crippen LogP contribution in [0.1, 0.15) is 65.2 Å². The lowest BCUT2D eigenvalue weighted by Crippen LogP contribution is -2.31. The number of nitrogens with one attached hydrogen (secondary N) is 3. The third kappa shape index (κ3) is 7.77. The number of aryl methyl sites for hydroxylation is 1. The summed E-state index contributed by atoms with van der Waals surface area (Å²) in [7, 11) is 0.737. The van der Waals surface area contributed by atoms with Gasteiger partial charge in [0, 0.05) is 67.1 Å². The Morgan fingerprint density at radius 1 is 1.00 bits per heavy atom. The quantitative estimate of drug-likeness (QED) is 0.189. The molecule has 0 fully saturated rings. The summed E-state index contributed by atoms with van der Waals surface area (Å²) >= 11 is 0. The maximum Gasteiger partial charge on any atom is 0.265 e. The molecular weight excluding hydrogens is 604 g/mol. The number of hydrogen-bond donors (Lipinski definition) is 3. The molecule has 2 atom stereocenters. The number of benzene rings is 3. The Kier molecular flexibility index (Phi) is 10.9. The third-order valence-electron chi connectivity index (χ3n) is 8.05. The minimum absolute atomic E-state index is 0.00580. The highest BCUT2D eigenvalue weighted by Gasteiger charge is 2.27. The fraction of sp³-hybridized carbons (Fsp3) is 0.343. The van der Waals surface area contributed by atoms with E-state index in [1.54, 1.807) is 45.3 Å². The lowest BCUT2D eigenvalue weighted by molar-refractivity contribution is -0.129. The van der Waals surface area contributed by atoms with E-state index in [0.29, 0.717) is 29.8 Å². The van der Waals surface area contributed by atoms with Crippen LogP contribution >= 0.6 is 0 Å². The normalized spacial score (nSPS) is 12.7. The molecule has 3 aromatic carbocycles. The predicted octanol–water partition coefficient (Wildman–Crippen LogP) is 4.92. The number of H-pyrrole nitrogens is 1. The zero-order chi connectivity index (χ0) is 33.6. The van der Waals surface area contributed by atoms with Gasteiger partial charge in [0.2, 0.25) is 11.8 Å². The van der Waals surface area contributed by atoms with Gasteiger partial charge < -0.3 is 19.9 Å². The van der Waals surface area contributed by atoms with Crippen molar-refractivity contribution in [3.8, 4) is 5.75 Å². The molecule has 0 aliphatic rings. The highest BCUT2D eigenvalue weighted by molar-refractivity contribution is 7.90. The number of sulfonamides is 1. The molecule has 244 valence electrons. The van der Waals surface area contributed by atoms with E-state index in [0.717, 1.165) is 28.5 Å². The Bertz CT molecular complexity index is 1850. The molecule has 1 heterocycles. The number of amides is 3. The van der Waals surface area contributed by atoms with Gasteiger partial charge in [-0.3, -0.25) is 14.4 Å². The van der Waals surface area contributed by atoms with Crippen molar-refractivity contribution in [1.82, 2.24) is 19.9 Å². The molecule has 4 aromatic rings. The highest BCUT2D eigenvalue weighted by atomic mass is 32.2. The van der Waals surface area contributed by atoms with E-state index < -0.39 is 21.8 Å². The smallest absolute Gasteiger partial charge is 0.265 e. The van der Waals surface area contributed by atoms with Gasteiger partial charge in [-0.2, -0.15) is 0 Å². The number of nitrogens with zero attached hydrogens (tertiary/aromatic N) is 1. The molecular formula is C35H42N4O6S. The van der Waals surface area contributed by atoms with Gasteiger partial charge in [-0.1, -0.05) is 44.2 Å². The molecule has 3 N–H and O–H groups in total. The average molecular weight is 647 g/mol. The monoisotopic (exact) mass is 646 g/mol. The topological polar surface area (TPSA) is 138 Å². The third-order valence-corrected chi connectivity index (χ3v) is 9.54. The van der Waals surface area contributed by atoms with E-state index in [9.17, 15) is 22.8 Å². The van der Waals surface area contributed by atoms with Crippen LogP contribution in [0, 0.1) is 12.8 Å². The molecule has 0 bridgehead atoms. The molecule has 0 radical (unpaired) electrons. The largest absolute Gasteiger partial charge is 0.496 e. The van der Waals surface area contributed by atoms with E-state index >= 15 is 0 Å². The minimum Gasteiger partial charge on any atom is -0.496 e. The highest BCUT2D eigenvalue weighted by Crippen LogP contribution is 2.39. The number of carbonyl (C=O) groups excluding carboxylic acids is 3. The summed E-state index contributed by atoms with van der Waals surface area (Å²) < 4.78 is 33.8. The van der Waals surface area contributed by atoms with Crippen molar-refractivity contribution in [3.63, 3.8) is 0 Å². The summed E-state index contributed by atoms with van der Waals surface area (Å²) in [6.07, 6.45) is 3.40. The first kappa shape index (κ1) is 34.2. The van der Waals surface area contributed by atoms with E-state index in [2.05, 4.69) is 15.0 Å². The molecule has 2 unspecified atom stereocenters. The SMILES string of the molecule is CCCNC(=O)C(C)Cc1ccc2[nH]cc(C(CC(=O)N(C)C)c3ccc(C(=O)NS(=O)(=O)c4ccccc4C)cc3OC)c2c1. The number of carbonyl (C=O) groups is 3. The van der Waals surface area contributed by atoms with E-state index in [-0.39, 0.29) is 34.6 Å². The van der Waals surface area contributed by atoms with Crippen LogP contribution in [-0.4, -0.2) is 63.8 Å². The van der Waals surface area contributed by atoms with Crippen LogP contribution in [0.25, 0.3) is 10.9 Å². The Hall–Kier alpha value is -4.64. The first-order valence-corrected chi connectivity index (χ1v) is 16.7. The number of ether oxygens (including phenoxy) is 1. The van der Waals surface area contributed by atoms with Crippen LogP contribution in [-0.2, 0) is 26.0 Å². The standard InChI is InChI=1S/C35H42N4O6S/c1-7-16-36-34(41)23(3)17-24-12-15-30-28(18-24)29(21-37-30)27(20-33(40)39(4)5)26-14-13-25(19-31(26)45-6)35(42)38-46(43,44)32-11-9-8-10-22(32)2/h8-15,18-19,21,23,27,37H,7,16-17,20H2,1-6H3,(H,36,41)(H,38,42). The van der Waals surface area contributed by atoms with Gasteiger partial charge >= 0.3 is 0 Å². The van der Waals surface area contributed by atoms with E-state index in [1.165, 1.54) is 30.2 Å². The van der Waals surface area contributed by atoms with Gasteiger partial charge in [0.1, 0.15) is 5.75 Å². The summed E-state index contributed by atoms with van der Waals surface area (Å²) in [5.74, 6) is -1.25. The second-order valence-corrected chi connectivity index (χ2v) is 13.4. The van der Waals surface area contributed by atoms with Crippen LogP contribution in [0.2, 0.25) is 0 Å². The average Bonchev–Trinajstić information content (AvgIpc) is 3.44. The molecule has 46 heavy (non-hydrogen) atoms. The number of aromatic nitrogens is 1. The van der Waals surface area contributed by atoms with Crippen LogP contribution in [0.15, 0.2) is 71.8 Å². The summed E-state index contributed by atoms with van der Waals surface area (Å²) in [6.45, 7) is 6.21. The number of fused-ring (bicyclic) bond motifs is 1. The van der Waals surface area contributed by atoms with Gasteiger partial charge in [0.05, 0.1) is 12.0 Å². The molecule has 0 aliphatic carbocycles. The fourth-order valence-corrected chi connectivity index (χ4v) is 6.67. The van der Waals surface area contributed by atoms with Crippen molar-refractivity contribution < 1.29 is 27.5 Å². The summed E-state index contributed by atoms with van der Waals surface area (Å²) in [6, 6.07) is 17.1. The predicted molar refractivity (Wildman–Crippen MR) is 178 cm³/mol. The molecule has 1 aromatic heterocycles. The molecule has 0 saturated carbocycles. The maximum atomic E-state index is 13.2. The Morgan fingerprint density at radius 2 is 1.74 bits per heavy atom. The Morgan fingerprint density at radius 3 is 2.41 bits per heavy atom. The molecule has 0 saturated heterocycles. The molecule has 10 nitrogen and oxygen atoms in total. The zero-order valence-electron chi connectivity index (χ0n) is 27.1. The van der Waals surface area contributed by atoms with Crippen molar-refractivity contribution >= 4 is 38.6 Å². The van der Waals surface area contributed by atoms with Gasteiger partial charge in [-0.25, -0.2) is 13.1 Å². The van der Waals surface area contributed by atoms with Gasteiger partial charge in [0.25, 0.3) is 15.9 Å². The van der Waals surface area contributed by atoms with E-state index in [4.69, 9.17) is 4.74 Å². The maximum absolute atomic E-state index is 13.2. The van der Waals surface area contributed by atoms with Crippen molar-refractivity contribution in [2.24, 2.45) is 5.92 Å². The minimum atomic E-state index is -4.11. The Labute approximate surface area is 270 Å². The Balaban J connectivity index is 1.71. The van der Waals surface area contributed by atoms with Crippen LogP contribution < -0.4 is 14.8 Å². The summed E-state index contributed by atoms with van der Waals surface area (Å²) in [4.78, 5) is 43.7. The lowest BCUT2D eigenvalue weighted by atomic mass is 9.86. The molecule has 3 amide bonds. The number of rotatable bonds is 13. The lowest BCUT2D eigenvalue weighted by Gasteiger charge is -2.22. The molecule has 4 rings (SSSR count). The number of aromatic amines is 1. The number of hydrogen-bond acceptors (Lipinski definition) is 6. The van der Waals surface area contributed by atoms with Gasteiger partial charge in [-0.05, 0) is 66.8 Å². The molecule has 0 spiro atoms. The van der Waals surface area contributed by atoms with Gasteiger partial charge in [0.15, 0.2) is 0 Å². The fourth-order valence-electron chi connectivity index (χ4n) is 5.45. The molecule has 11 heteroatoms. The first-order valence-electron chi connectivity index (χ1n) is 15.2. The second kappa shape index (κ2) is 14.6. The van der Waals surface area contributed by atoms with Crippen molar-refractivity contribution in [1.29, 1.82) is 0 Å². The number of methoxy groups -OCH3 is 1. The van der Waals surface area contributed by atoms with Crippen molar-refractivity contribution in [2.45, 2.75) is 50.8 Å². The van der Waals surface area contributed by atoms with Crippen LogP contribution in [0.5, 0.6) is 5.75 Å².